The Kier molecular flexibility index (Phi) is 6.21. The third-order valence-corrected chi connectivity index (χ3v) is 6.12. The Bertz CT molecular complexity index is 938. The number of carboxylic acid groups (broad SMARTS) is 1. The number of alkyl carbamates (subject to hydrolysis) is 1. The van der Waals surface area contributed by atoms with Crippen molar-refractivity contribution in [3.63, 3.8) is 0 Å². The zero-order chi connectivity index (χ0) is 21.8. The monoisotopic (exact) mass is 422 g/mol. The molecule has 2 amide bonds. The predicted octanol–water partition coefficient (Wildman–Crippen LogP) is 3.14. The van der Waals surface area contributed by atoms with Crippen molar-refractivity contribution >= 4 is 18.0 Å². The molecule has 0 bridgehead atoms. The summed E-state index contributed by atoms with van der Waals surface area (Å²) in [6.07, 6.45) is 1.58. The molecule has 0 aromatic heterocycles. The van der Waals surface area contributed by atoms with E-state index < -0.39 is 12.1 Å². The van der Waals surface area contributed by atoms with Crippen LogP contribution in [-0.2, 0) is 14.3 Å². The molecule has 0 unspecified atom stereocenters. The summed E-state index contributed by atoms with van der Waals surface area (Å²) in [6.45, 7) is 0.457. The Morgan fingerprint density at radius 1 is 0.903 bits per heavy atom. The highest BCUT2D eigenvalue weighted by Crippen LogP contribution is 2.44. The fourth-order valence-electron chi connectivity index (χ4n) is 4.59. The van der Waals surface area contributed by atoms with E-state index in [4.69, 9.17) is 9.84 Å². The Labute approximate surface area is 180 Å². The zero-order valence-electron chi connectivity index (χ0n) is 17.2. The van der Waals surface area contributed by atoms with E-state index in [9.17, 15) is 14.4 Å². The molecule has 7 nitrogen and oxygen atoms in total. The van der Waals surface area contributed by atoms with Crippen LogP contribution in [0.4, 0.5) is 4.79 Å². The summed E-state index contributed by atoms with van der Waals surface area (Å²) < 4.78 is 5.53. The normalized spacial score (nSPS) is 19.0. The van der Waals surface area contributed by atoms with Crippen LogP contribution in [0.25, 0.3) is 11.1 Å². The van der Waals surface area contributed by atoms with Gasteiger partial charge < -0.3 is 20.5 Å². The first-order chi connectivity index (χ1) is 15.0. The van der Waals surface area contributed by atoms with Crippen LogP contribution in [0, 0.1) is 11.8 Å². The average Bonchev–Trinajstić information content (AvgIpc) is 3.06. The van der Waals surface area contributed by atoms with Gasteiger partial charge in [0.05, 0.1) is 0 Å². The van der Waals surface area contributed by atoms with Crippen LogP contribution in [0.5, 0.6) is 0 Å². The van der Waals surface area contributed by atoms with E-state index in [1.54, 1.807) is 0 Å². The third kappa shape index (κ3) is 4.87. The van der Waals surface area contributed by atoms with Crippen molar-refractivity contribution in [1.82, 2.24) is 10.6 Å². The summed E-state index contributed by atoms with van der Waals surface area (Å²) in [4.78, 5) is 34.3. The summed E-state index contributed by atoms with van der Waals surface area (Å²) in [5.41, 5.74) is 4.75. The molecule has 2 aromatic carbocycles. The summed E-state index contributed by atoms with van der Waals surface area (Å²) >= 11 is 0. The highest BCUT2D eigenvalue weighted by molar-refractivity contribution is 5.81. The Balaban J connectivity index is 1.19. The maximum absolute atomic E-state index is 12.2. The van der Waals surface area contributed by atoms with E-state index in [0.29, 0.717) is 18.9 Å². The molecule has 4 rings (SSSR count). The van der Waals surface area contributed by atoms with Gasteiger partial charge in [0.25, 0.3) is 0 Å². The van der Waals surface area contributed by atoms with Crippen LogP contribution in [0.2, 0.25) is 0 Å². The lowest BCUT2D eigenvalue weighted by Gasteiger charge is -2.34. The van der Waals surface area contributed by atoms with Gasteiger partial charge in [0, 0.05) is 18.9 Å². The Morgan fingerprint density at radius 3 is 2.13 bits per heavy atom. The highest BCUT2D eigenvalue weighted by atomic mass is 16.5. The fourth-order valence-corrected chi connectivity index (χ4v) is 4.59. The van der Waals surface area contributed by atoms with E-state index in [0.717, 1.165) is 12.8 Å². The number of amides is 2. The zero-order valence-corrected chi connectivity index (χ0v) is 17.2. The molecular weight excluding hydrogens is 396 g/mol. The van der Waals surface area contributed by atoms with Crippen LogP contribution in [0.3, 0.4) is 0 Å². The van der Waals surface area contributed by atoms with Gasteiger partial charge in [0.1, 0.15) is 13.2 Å². The first-order valence-corrected chi connectivity index (χ1v) is 10.6. The molecule has 7 heteroatoms. The summed E-state index contributed by atoms with van der Waals surface area (Å²) in [6, 6.07) is 16.4. The minimum atomic E-state index is -1.05. The number of rotatable bonds is 8. The summed E-state index contributed by atoms with van der Waals surface area (Å²) in [5, 5.41) is 13.8. The van der Waals surface area contributed by atoms with Crippen molar-refractivity contribution in [2.24, 2.45) is 11.8 Å². The number of aliphatic carboxylic acids is 1. The van der Waals surface area contributed by atoms with E-state index in [2.05, 4.69) is 34.9 Å². The van der Waals surface area contributed by atoms with Crippen LogP contribution in [-0.4, -0.2) is 42.8 Å². The molecule has 0 heterocycles. The molecule has 2 aromatic rings. The number of nitrogens with one attached hydrogen (secondary N) is 2. The summed E-state index contributed by atoms with van der Waals surface area (Å²) in [7, 11) is 0. The molecule has 0 atom stereocenters. The molecule has 162 valence electrons. The second kappa shape index (κ2) is 9.20. The average molecular weight is 422 g/mol. The van der Waals surface area contributed by atoms with E-state index in [1.165, 1.54) is 22.3 Å². The molecule has 2 aliphatic rings. The minimum Gasteiger partial charge on any atom is -0.480 e. The Morgan fingerprint density at radius 2 is 1.52 bits per heavy atom. The van der Waals surface area contributed by atoms with Crippen LogP contribution < -0.4 is 10.6 Å². The standard InChI is InChI=1S/C24H26N2O5/c27-22(25-13-23(28)29)11-15-9-16(10-15)12-26-24(30)31-14-21-19-7-3-1-5-17(19)18-6-2-4-8-20(18)21/h1-8,15-16,21H,9-14H2,(H,25,27)(H,26,30)(H,28,29). The van der Waals surface area contributed by atoms with Crippen molar-refractivity contribution in [3.8, 4) is 11.1 Å². The first-order valence-electron chi connectivity index (χ1n) is 10.6. The molecule has 31 heavy (non-hydrogen) atoms. The maximum atomic E-state index is 12.2. The molecule has 0 radical (unpaired) electrons. The number of carbonyl (C=O) groups excluding carboxylic acids is 2. The molecule has 0 aliphatic heterocycles. The van der Waals surface area contributed by atoms with Gasteiger partial charge in [0.2, 0.25) is 5.91 Å². The minimum absolute atomic E-state index is 0.0375. The van der Waals surface area contributed by atoms with Gasteiger partial charge in [-0.1, -0.05) is 48.5 Å². The smallest absolute Gasteiger partial charge is 0.407 e. The first kappa shape index (κ1) is 20.9. The lowest BCUT2D eigenvalue weighted by atomic mass is 9.73. The van der Waals surface area contributed by atoms with Crippen LogP contribution in [0.1, 0.15) is 36.3 Å². The molecule has 1 fully saturated rings. The third-order valence-electron chi connectivity index (χ3n) is 6.12. The lowest BCUT2D eigenvalue weighted by Crippen LogP contribution is -2.39. The SMILES string of the molecule is O=C(O)CNC(=O)CC1CC(CNC(=O)OCC2c3ccccc3-c3ccccc32)C1. The number of hydrogen-bond acceptors (Lipinski definition) is 4. The quantitative estimate of drug-likeness (QED) is 0.606. The van der Waals surface area contributed by atoms with Gasteiger partial charge in [-0.25, -0.2) is 4.79 Å². The van der Waals surface area contributed by atoms with Crippen LogP contribution >= 0.6 is 0 Å². The second-order valence-electron chi connectivity index (χ2n) is 8.28. The van der Waals surface area contributed by atoms with E-state index in [1.807, 2.05) is 24.3 Å². The van der Waals surface area contributed by atoms with E-state index in [-0.39, 0.29) is 30.9 Å². The molecule has 2 aliphatic carbocycles. The van der Waals surface area contributed by atoms with Crippen LogP contribution in [0.15, 0.2) is 48.5 Å². The molecule has 0 spiro atoms. The van der Waals surface area contributed by atoms with Gasteiger partial charge in [-0.05, 0) is 46.9 Å². The lowest BCUT2D eigenvalue weighted by molar-refractivity contribution is -0.138. The van der Waals surface area contributed by atoms with Crippen molar-refractivity contribution in [2.75, 3.05) is 19.7 Å². The number of hydrogen-bond donors (Lipinski definition) is 3. The Hall–Kier alpha value is -3.35. The fraction of sp³-hybridized carbons (Fsp3) is 0.375. The molecule has 1 saturated carbocycles. The van der Waals surface area contributed by atoms with Gasteiger partial charge in [0.15, 0.2) is 0 Å². The van der Waals surface area contributed by atoms with Gasteiger partial charge in [-0.2, -0.15) is 0 Å². The van der Waals surface area contributed by atoms with Crippen molar-refractivity contribution in [3.05, 3.63) is 59.7 Å². The number of carbonyl (C=O) groups is 3. The van der Waals surface area contributed by atoms with Gasteiger partial charge >= 0.3 is 12.1 Å². The maximum Gasteiger partial charge on any atom is 0.407 e. The van der Waals surface area contributed by atoms with Gasteiger partial charge in [-0.15, -0.1) is 0 Å². The number of carboxylic acids is 1. The van der Waals surface area contributed by atoms with Crippen molar-refractivity contribution < 1.29 is 24.2 Å². The van der Waals surface area contributed by atoms with Gasteiger partial charge in [-0.3, -0.25) is 9.59 Å². The number of fused-ring (bicyclic) bond motifs is 3. The highest BCUT2D eigenvalue weighted by Gasteiger charge is 2.32. The molecule has 0 saturated heterocycles. The largest absolute Gasteiger partial charge is 0.480 e. The van der Waals surface area contributed by atoms with E-state index >= 15 is 0 Å². The summed E-state index contributed by atoms with van der Waals surface area (Å²) in [5.74, 6) is -0.695. The number of benzene rings is 2. The van der Waals surface area contributed by atoms with Crippen molar-refractivity contribution in [1.29, 1.82) is 0 Å². The molecule has 3 N–H and O–H groups in total. The topological polar surface area (TPSA) is 105 Å². The number of ether oxygens (including phenoxy) is 1. The molecular formula is C24H26N2O5. The predicted molar refractivity (Wildman–Crippen MR) is 115 cm³/mol. The van der Waals surface area contributed by atoms with Crippen molar-refractivity contribution in [2.45, 2.75) is 25.2 Å². The second-order valence-corrected chi connectivity index (χ2v) is 8.28.